The van der Waals surface area contributed by atoms with Gasteiger partial charge in [-0.15, -0.1) is 0 Å². The SMILES string of the molecule is C=CC(=O)Nc1cccc(Nc2nc(Nc3ccc(OCCSC(=S)N4CCN(C(C)=O)CC4)cc3)ncc2F)c1. The number of nitrogens with one attached hydrogen (secondary N) is 3. The van der Waals surface area contributed by atoms with Gasteiger partial charge in [0.1, 0.15) is 10.1 Å². The Hall–Kier alpha value is -4.23. The molecule has 1 fully saturated rings. The van der Waals surface area contributed by atoms with E-state index in [2.05, 4.69) is 37.4 Å². The van der Waals surface area contributed by atoms with Gasteiger partial charge in [0.2, 0.25) is 17.8 Å². The molecule has 13 heteroatoms. The third kappa shape index (κ3) is 8.88. The van der Waals surface area contributed by atoms with Crippen LogP contribution in [0.5, 0.6) is 5.75 Å². The van der Waals surface area contributed by atoms with Crippen molar-refractivity contribution in [2.24, 2.45) is 0 Å². The van der Waals surface area contributed by atoms with E-state index in [9.17, 15) is 14.0 Å². The molecule has 4 rings (SSSR count). The standard InChI is InChI=1S/C28H30FN7O3S2/c1-3-25(38)31-21-5-4-6-22(17-21)32-26-24(29)18-30-27(34-26)33-20-7-9-23(10-8-20)39-15-16-41-28(40)36-13-11-35(12-14-36)19(2)37/h3-10,17-18H,1,11-16H2,2H3,(H,31,38)(H2,30,32,33,34). The van der Waals surface area contributed by atoms with Gasteiger partial charge in [-0.2, -0.15) is 4.98 Å². The van der Waals surface area contributed by atoms with E-state index in [4.69, 9.17) is 17.0 Å². The number of thioether (sulfide) groups is 1. The molecule has 0 saturated carbocycles. The number of carbonyl (C=O) groups excluding carboxylic acids is 2. The van der Waals surface area contributed by atoms with Crippen LogP contribution in [0.15, 0.2) is 67.4 Å². The van der Waals surface area contributed by atoms with Gasteiger partial charge < -0.3 is 30.5 Å². The van der Waals surface area contributed by atoms with Crippen LogP contribution in [0.1, 0.15) is 6.92 Å². The van der Waals surface area contributed by atoms with Gasteiger partial charge in [0.25, 0.3) is 0 Å². The fourth-order valence-electron chi connectivity index (χ4n) is 3.87. The zero-order valence-electron chi connectivity index (χ0n) is 22.4. The Labute approximate surface area is 247 Å². The molecule has 0 spiro atoms. The van der Waals surface area contributed by atoms with E-state index in [-0.39, 0.29) is 23.6 Å². The third-order valence-corrected chi connectivity index (χ3v) is 7.48. The summed E-state index contributed by atoms with van der Waals surface area (Å²) < 4.78 is 21.1. The first-order chi connectivity index (χ1) is 19.8. The lowest BCUT2D eigenvalue weighted by molar-refractivity contribution is -0.130. The van der Waals surface area contributed by atoms with E-state index in [1.165, 1.54) is 6.08 Å². The summed E-state index contributed by atoms with van der Waals surface area (Å²) in [7, 11) is 0. The maximum atomic E-state index is 14.4. The van der Waals surface area contributed by atoms with E-state index in [0.717, 1.165) is 23.6 Å². The number of carbonyl (C=O) groups is 2. The zero-order chi connectivity index (χ0) is 29.2. The van der Waals surface area contributed by atoms with Crippen molar-refractivity contribution in [2.75, 3.05) is 54.5 Å². The van der Waals surface area contributed by atoms with Crippen LogP contribution in [0.3, 0.4) is 0 Å². The monoisotopic (exact) mass is 595 g/mol. The fourth-order valence-corrected chi connectivity index (χ4v) is 5.01. The van der Waals surface area contributed by atoms with Crippen LogP contribution in [0.25, 0.3) is 0 Å². The molecule has 0 aliphatic carbocycles. The minimum Gasteiger partial charge on any atom is -0.493 e. The Morgan fingerprint density at radius 2 is 1.78 bits per heavy atom. The summed E-state index contributed by atoms with van der Waals surface area (Å²) in [5.74, 6) is 0.698. The lowest BCUT2D eigenvalue weighted by Crippen LogP contribution is -2.49. The van der Waals surface area contributed by atoms with E-state index in [1.54, 1.807) is 43.0 Å². The normalized spacial score (nSPS) is 12.8. The van der Waals surface area contributed by atoms with Crippen LogP contribution in [0.2, 0.25) is 0 Å². The van der Waals surface area contributed by atoms with Gasteiger partial charge >= 0.3 is 0 Å². The van der Waals surface area contributed by atoms with Gasteiger partial charge in [-0.3, -0.25) is 9.59 Å². The van der Waals surface area contributed by atoms with E-state index in [1.807, 2.05) is 29.2 Å². The Morgan fingerprint density at radius 1 is 1.07 bits per heavy atom. The maximum Gasteiger partial charge on any atom is 0.247 e. The molecule has 0 bridgehead atoms. The first-order valence-corrected chi connectivity index (χ1v) is 14.2. The summed E-state index contributed by atoms with van der Waals surface area (Å²) in [5, 5.41) is 8.62. The quantitative estimate of drug-likeness (QED) is 0.172. The lowest BCUT2D eigenvalue weighted by atomic mass is 10.2. The molecule has 1 saturated heterocycles. The van der Waals surface area contributed by atoms with Crippen molar-refractivity contribution < 1.29 is 18.7 Å². The van der Waals surface area contributed by atoms with Crippen LogP contribution >= 0.6 is 24.0 Å². The van der Waals surface area contributed by atoms with Crippen LogP contribution in [0, 0.1) is 5.82 Å². The molecule has 3 aromatic rings. The van der Waals surface area contributed by atoms with Crippen LogP contribution < -0.4 is 20.7 Å². The lowest BCUT2D eigenvalue weighted by Gasteiger charge is -2.35. The summed E-state index contributed by atoms with van der Waals surface area (Å²) in [6.07, 6.45) is 2.24. The van der Waals surface area contributed by atoms with Gasteiger partial charge in [0.05, 0.1) is 12.8 Å². The summed E-state index contributed by atoms with van der Waals surface area (Å²) in [4.78, 5) is 35.2. The highest BCUT2D eigenvalue weighted by Crippen LogP contribution is 2.24. The summed E-state index contributed by atoms with van der Waals surface area (Å²) >= 11 is 7.09. The Bertz CT molecular complexity index is 1400. The Kier molecular flexibility index (Phi) is 10.5. The molecule has 1 aliphatic heterocycles. The smallest absolute Gasteiger partial charge is 0.247 e. The number of nitrogens with zero attached hydrogens (tertiary/aromatic N) is 4. The number of hydrogen-bond acceptors (Lipinski definition) is 9. The van der Waals surface area contributed by atoms with Crippen molar-refractivity contribution in [3.05, 3.63) is 73.2 Å². The largest absolute Gasteiger partial charge is 0.493 e. The molecular formula is C28H30FN7O3S2. The first kappa shape index (κ1) is 29.7. The minimum absolute atomic E-state index is 0.0224. The van der Waals surface area contributed by atoms with Crippen LogP contribution in [-0.2, 0) is 9.59 Å². The van der Waals surface area contributed by atoms with Crippen molar-refractivity contribution in [3.8, 4) is 5.75 Å². The molecule has 214 valence electrons. The second-order valence-electron chi connectivity index (χ2n) is 8.89. The Balaban J connectivity index is 1.24. The fraction of sp³-hybridized carbons (Fsp3) is 0.250. The maximum absolute atomic E-state index is 14.4. The number of halogens is 1. The summed E-state index contributed by atoms with van der Waals surface area (Å²) in [6.45, 7) is 8.39. The van der Waals surface area contributed by atoms with Crippen LogP contribution in [-0.4, -0.2) is 74.4 Å². The van der Waals surface area contributed by atoms with Crippen molar-refractivity contribution >= 4 is 68.9 Å². The molecule has 10 nitrogen and oxygen atoms in total. The number of rotatable bonds is 10. The van der Waals surface area contributed by atoms with Gasteiger partial charge in [-0.25, -0.2) is 9.37 Å². The number of piperazine rings is 1. The third-order valence-electron chi connectivity index (χ3n) is 5.99. The van der Waals surface area contributed by atoms with Gasteiger partial charge in [0, 0.05) is 55.9 Å². The van der Waals surface area contributed by atoms with Crippen molar-refractivity contribution in [1.29, 1.82) is 0 Å². The molecule has 1 aromatic heterocycles. The molecule has 0 unspecified atom stereocenters. The molecule has 2 amide bonds. The number of ether oxygens (including phenoxy) is 1. The van der Waals surface area contributed by atoms with E-state index in [0.29, 0.717) is 48.3 Å². The summed E-state index contributed by atoms with van der Waals surface area (Å²) in [6, 6.07) is 14.1. The number of anilines is 5. The molecule has 2 aromatic carbocycles. The van der Waals surface area contributed by atoms with E-state index < -0.39 is 5.82 Å². The van der Waals surface area contributed by atoms with Gasteiger partial charge in [-0.05, 0) is 48.5 Å². The average molecular weight is 596 g/mol. The topological polar surface area (TPSA) is 112 Å². The number of aromatic nitrogens is 2. The number of hydrogen-bond donors (Lipinski definition) is 3. The molecule has 41 heavy (non-hydrogen) atoms. The predicted octanol–water partition coefficient (Wildman–Crippen LogP) is 4.79. The minimum atomic E-state index is -0.629. The highest BCUT2D eigenvalue weighted by molar-refractivity contribution is 8.22. The average Bonchev–Trinajstić information content (AvgIpc) is 2.98. The molecule has 3 N–H and O–H groups in total. The highest BCUT2D eigenvalue weighted by atomic mass is 32.2. The first-order valence-electron chi connectivity index (χ1n) is 12.8. The molecule has 2 heterocycles. The Morgan fingerprint density at radius 3 is 2.49 bits per heavy atom. The highest BCUT2D eigenvalue weighted by Gasteiger charge is 2.20. The van der Waals surface area contributed by atoms with Crippen molar-refractivity contribution in [1.82, 2.24) is 19.8 Å². The van der Waals surface area contributed by atoms with Gasteiger partial charge in [-0.1, -0.05) is 36.6 Å². The van der Waals surface area contributed by atoms with Crippen molar-refractivity contribution in [3.63, 3.8) is 0 Å². The second kappa shape index (κ2) is 14.4. The molecular weight excluding hydrogens is 565 g/mol. The number of benzene rings is 2. The molecule has 0 radical (unpaired) electrons. The zero-order valence-corrected chi connectivity index (χ0v) is 24.1. The molecule has 1 aliphatic rings. The molecule has 0 atom stereocenters. The van der Waals surface area contributed by atoms with Crippen LogP contribution in [0.4, 0.5) is 33.2 Å². The van der Waals surface area contributed by atoms with Gasteiger partial charge in [0.15, 0.2) is 11.6 Å². The number of amides is 2. The van der Waals surface area contributed by atoms with E-state index >= 15 is 0 Å². The van der Waals surface area contributed by atoms with Crippen molar-refractivity contribution in [2.45, 2.75) is 6.92 Å². The predicted molar refractivity (Wildman–Crippen MR) is 165 cm³/mol. The summed E-state index contributed by atoms with van der Waals surface area (Å²) in [5.41, 5.74) is 1.76. The second-order valence-corrected chi connectivity index (χ2v) is 10.6. The number of thiocarbonyl (C=S) groups is 1.